The number of rotatable bonds is 7. The summed E-state index contributed by atoms with van der Waals surface area (Å²) in [6, 6.07) is 0. The highest BCUT2D eigenvalue weighted by atomic mass is 16.2. The molecular formula is C17H32N2O2. The molecule has 1 N–H and O–H groups in total. The van der Waals surface area contributed by atoms with Gasteiger partial charge in [-0.3, -0.25) is 9.59 Å². The quantitative estimate of drug-likeness (QED) is 0.785. The average Bonchev–Trinajstić information content (AvgIpc) is 2.69. The first kappa shape index (κ1) is 18.0. The number of nitrogens with zero attached hydrogens (tertiary/aromatic N) is 1. The van der Waals surface area contributed by atoms with E-state index in [0.717, 1.165) is 6.54 Å². The lowest BCUT2D eigenvalue weighted by Crippen LogP contribution is -2.38. The Morgan fingerprint density at radius 3 is 2.24 bits per heavy atom. The smallest absolute Gasteiger partial charge is 0.225 e. The van der Waals surface area contributed by atoms with Crippen molar-refractivity contribution in [2.45, 2.75) is 48.0 Å². The van der Waals surface area contributed by atoms with Crippen LogP contribution >= 0.6 is 0 Å². The number of amides is 2. The van der Waals surface area contributed by atoms with Crippen molar-refractivity contribution in [1.29, 1.82) is 0 Å². The van der Waals surface area contributed by atoms with Crippen LogP contribution < -0.4 is 5.32 Å². The third-order valence-electron chi connectivity index (χ3n) is 4.40. The zero-order chi connectivity index (χ0) is 16.2. The molecule has 0 aromatic carbocycles. The van der Waals surface area contributed by atoms with Gasteiger partial charge >= 0.3 is 0 Å². The first-order valence-corrected chi connectivity index (χ1v) is 8.27. The van der Waals surface area contributed by atoms with Crippen LogP contribution in [0.5, 0.6) is 0 Å². The number of likely N-dealkylation sites (tertiary alicyclic amines) is 1. The van der Waals surface area contributed by atoms with Crippen LogP contribution in [0.1, 0.15) is 48.0 Å². The summed E-state index contributed by atoms with van der Waals surface area (Å²) in [5.74, 6) is 2.02. The number of hydrogen-bond donors (Lipinski definition) is 1. The molecule has 21 heavy (non-hydrogen) atoms. The van der Waals surface area contributed by atoms with Crippen molar-refractivity contribution < 1.29 is 9.59 Å². The molecule has 0 aromatic rings. The van der Waals surface area contributed by atoms with Gasteiger partial charge in [-0.15, -0.1) is 0 Å². The largest absolute Gasteiger partial charge is 0.355 e. The van der Waals surface area contributed by atoms with Gasteiger partial charge in [-0.1, -0.05) is 41.5 Å². The van der Waals surface area contributed by atoms with Gasteiger partial charge in [0, 0.05) is 26.1 Å². The monoisotopic (exact) mass is 296 g/mol. The van der Waals surface area contributed by atoms with Crippen LogP contribution in [-0.4, -0.2) is 36.3 Å². The van der Waals surface area contributed by atoms with E-state index in [1.807, 2.05) is 4.90 Å². The molecule has 2 amide bonds. The minimum Gasteiger partial charge on any atom is -0.355 e. The van der Waals surface area contributed by atoms with Crippen molar-refractivity contribution in [1.82, 2.24) is 10.2 Å². The molecule has 1 aliphatic heterocycles. The Hall–Kier alpha value is -1.06. The summed E-state index contributed by atoms with van der Waals surface area (Å²) in [7, 11) is 0. The van der Waals surface area contributed by atoms with E-state index in [1.165, 1.54) is 0 Å². The molecule has 0 saturated carbocycles. The molecule has 1 aliphatic rings. The Morgan fingerprint density at radius 1 is 1.19 bits per heavy atom. The molecule has 122 valence electrons. The predicted octanol–water partition coefficient (Wildman–Crippen LogP) is 2.54. The summed E-state index contributed by atoms with van der Waals surface area (Å²) in [4.78, 5) is 26.0. The van der Waals surface area contributed by atoms with E-state index >= 15 is 0 Å². The average molecular weight is 296 g/mol. The van der Waals surface area contributed by atoms with Crippen molar-refractivity contribution in [2.75, 3.05) is 19.6 Å². The van der Waals surface area contributed by atoms with Gasteiger partial charge in [0.05, 0.1) is 5.92 Å². The number of nitrogens with one attached hydrogen (secondary N) is 1. The molecule has 4 nitrogen and oxygen atoms in total. The maximum Gasteiger partial charge on any atom is 0.225 e. The summed E-state index contributed by atoms with van der Waals surface area (Å²) >= 11 is 0. The van der Waals surface area contributed by atoms with Crippen LogP contribution in [0, 0.1) is 29.6 Å². The Bertz CT molecular complexity index is 356. The fraction of sp³-hybridized carbons (Fsp3) is 0.882. The second-order valence-corrected chi connectivity index (χ2v) is 7.49. The lowest BCUT2D eigenvalue weighted by atomic mass is 9.85. The van der Waals surface area contributed by atoms with E-state index in [-0.39, 0.29) is 17.7 Å². The van der Waals surface area contributed by atoms with E-state index < -0.39 is 0 Å². The van der Waals surface area contributed by atoms with Gasteiger partial charge in [0.15, 0.2) is 0 Å². The van der Waals surface area contributed by atoms with Crippen LogP contribution in [0.25, 0.3) is 0 Å². The summed E-state index contributed by atoms with van der Waals surface area (Å²) < 4.78 is 0. The van der Waals surface area contributed by atoms with Crippen LogP contribution in [0.15, 0.2) is 0 Å². The van der Waals surface area contributed by atoms with Crippen LogP contribution in [0.4, 0.5) is 0 Å². The van der Waals surface area contributed by atoms with Crippen LogP contribution in [-0.2, 0) is 9.59 Å². The SMILES string of the molecule is CC(C)CN1CC(C(=O)NCC(C(C)C)C(C)C)CC1=O. The van der Waals surface area contributed by atoms with Gasteiger partial charge in [-0.05, 0) is 23.7 Å². The lowest BCUT2D eigenvalue weighted by molar-refractivity contribution is -0.129. The fourth-order valence-corrected chi connectivity index (χ4v) is 3.17. The highest BCUT2D eigenvalue weighted by molar-refractivity contribution is 5.89. The normalized spacial score (nSPS) is 19.4. The lowest BCUT2D eigenvalue weighted by Gasteiger charge is -2.25. The Kier molecular flexibility index (Phi) is 6.69. The fourth-order valence-electron chi connectivity index (χ4n) is 3.17. The molecule has 1 rings (SSSR count). The molecular weight excluding hydrogens is 264 g/mol. The van der Waals surface area contributed by atoms with E-state index in [1.54, 1.807) is 0 Å². The van der Waals surface area contributed by atoms with Gasteiger partial charge in [-0.25, -0.2) is 0 Å². The van der Waals surface area contributed by atoms with E-state index in [9.17, 15) is 9.59 Å². The summed E-state index contributed by atoms with van der Waals surface area (Å²) in [6.45, 7) is 15.0. The van der Waals surface area contributed by atoms with E-state index in [0.29, 0.717) is 43.2 Å². The van der Waals surface area contributed by atoms with Gasteiger partial charge in [0.2, 0.25) is 11.8 Å². The van der Waals surface area contributed by atoms with Gasteiger partial charge < -0.3 is 10.2 Å². The first-order valence-electron chi connectivity index (χ1n) is 8.27. The maximum atomic E-state index is 12.3. The molecule has 0 bridgehead atoms. The maximum absolute atomic E-state index is 12.3. The van der Waals surface area contributed by atoms with Crippen molar-refractivity contribution in [3.8, 4) is 0 Å². The van der Waals surface area contributed by atoms with Crippen molar-refractivity contribution in [3.05, 3.63) is 0 Å². The van der Waals surface area contributed by atoms with Crippen LogP contribution in [0.2, 0.25) is 0 Å². The second kappa shape index (κ2) is 7.81. The third-order valence-corrected chi connectivity index (χ3v) is 4.40. The number of carbonyl (C=O) groups is 2. The minimum atomic E-state index is -0.170. The molecule has 0 aromatic heterocycles. The minimum absolute atomic E-state index is 0.0425. The van der Waals surface area contributed by atoms with Crippen molar-refractivity contribution in [3.63, 3.8) is 0 Å². The second-order valence-electron chi connectivity index (χ2n) is 7.49. The summed E-state index contributed by atoms with van der Waals surface area (Å²) in [5.41, 5.74) is 0. The van der Waals surface area contributed by atoms with Gasteiger partial charge in [0.1, 0.15) is 0 Å². The molecule has 0 spiro atoms. The number of hydrogen-bond acceptors (Lipinski definition) is 2. The standard InChI is InChI=1S/C17H32N2O2/c1-11(2)9-19-10-14(7-16(19)20)17(21)18-8-15(12(3)4)13(5)6/h11-15H,7-10H2,1-6H3,(H,18,21). The molecule has 1 fully saturated rings. The van der Waals surface area contributed by atoms with Gasteiger partial charge in [-0.2, -0.15) is 0 Å². The van der Waals surface area contributed by atoms with Crippen molar-refractivity contribution in [2.24, 2.45) is 29.6 Å². The molecule has 0 radical (unpaired) electrons. The molecule has 0 aliphatic carbocycles. The Morgan fingerprint density at radius 2 is 1.76 bits per heavy atom. The highest BCUT2D eigenvalue weighted by Crippen LogP contribution is 2.21. The molecule has 1 saturated heterocycles. The topological polar surface area (TPSA) is 49.4 Å². The third kappa shape index (κ3) is 5.33. The summed E-state index contributed by atoms with van der Waals surface area (Å²) in [5, 5.41) is 3.06. The molecule has 1 unspecified atom stereocenters. The predicted molar refractivity (Wildman–Crippen MR) is 85.7 cm³/mol. The zero-order valence-corrected chi connectivity index (χ0v) is 14.5. The Balaban J connectivity index is 2.48. The molecule has 1 heterocycles. The number of carbonyl (C=O) groups excluding carboxylic acids is 2. The molecule has 1 atom stereocenters. The zero-order valence-electron chi connectivity index (χ0n) is 14.5. The van der Waals surface area contributed by atoms with E-state index in [2.05, 4.69) is 46.9 Å². The van der Waals surface area contributed by atoms with Crippen LogP contribution in [0.3, 0.4) is 0 Å². The Labute approximate surface area is 129 Å². The molecule has 4 heteroatoms. The first-order chi connectivity index (χ1) is 9.72. The van der Waals surface area contributed by atoms with Crippen molar-refractivity contribution >= 4 is 11.8 Å². The summed E-state index contributed by atoms with van der Waals surface area (Å²) in [6.07, 6.45) is 0.368. The highest BCUT2D eigenvalue weighted by Gasteiger charge is 2.34. The van der Waals surface area contributed by atoms with E-state index in [4.69, 9.17) is 0 Å². The van der Waals surface area contributed by atoms with Gasteiger partial charge in [0.25, 0.3) is 0 Å².